The maximum absolute atomic E-state index is 9.03. The van der Waals surface area contributed by atoms with Gasteiger partial charge in [-0.05, 0) is 25.2 Å². The molecule has 1 fully saturated rings. The van der Waals surface area contributed by atoms with Crippen molar-refractivity contribution in [3.05, 3.63) is 0 Å². The van der Waals surface area contributed by atoms with Crippen LogP contribution in [-0.4, -0.2) is 10.00 Å². The molecule has 2 heteroatoms. The van der Waals surface area contributed by atoms with Crippen LogP contribution in [0.25, 0.3) is 0 Å². The summed E-state index contributed by atoms with van der Waals surface area (Å²) >= 11 is 1.88. The topological polar surface area (TPSA) is 23.8 Å². The number of nitrogens with zero attached hydrogens (tertiary/aromatic N) is 1. The molecule has 0 aromatic carbocycles. The highest BCUT2D eigenvalue weighted by molar-refractivity contribution is 8.01. The van der Waals surface area contributed by atoms with E-state index in [0.29, 0.717) is 5.25 Å². The van der Waals surface area contributed by atoms with Gasteiger partial charge in [0.2, 0.25) is 0 Å². The van der Waals surface area contributed by atoms with Crippen LogP contribution in [0.15, 0.2) is 0 Å². The fraction of sp³-hybridized carbons (Fsp3) is 0.900. The molecule has 1 nitrogen and oxygen atoms in total. The normalized spacial score (nSPS) is 36.7. The van der Waals surface area contributed by atoms with Crippen molar-refractivity contribution in [2.45, 2.75) is 50.0 Å². The van der Waals surface area contributed by atoms with E-state index in [-0.39, 0.29) is 4.75 Å². The van der Waals surface area contributed by atoms with Crippen LogP contribution in [0, 0.1) is 17.2 Å². The first-order chi connectivity index (χ1) is 5.62. The van der Waals surface area contributed by atoms with Gasteiger partial charge in [0, 0.05) is 5.25 Å². The first-order valence-corrected chi connectivity index (χ1v) is 5.59. The molecule has 1 aliphatic rings. The van der Waals surface area contributed by atoms with E-state index >= 15 is 0 Å². The van der Waals surface area contributed by atoms with Gasteiger partial charge in [0.1, 0.15) is 4.75 Å². The van der Waals surface area contributed by atoms with Crippen LogP contribution in [0.1, 0.15) is 40.0 Å². The zero-order valence-electron chi connectivity index (χ0n) is 8.13. The second-order valence-electron chi connectivity index (χ2n) is 3.96. The average molecular weight is 183 g/mol. The molecule has 0 spiro atoms. The third-order valence-electron chi connectivity index (χ3n) is 2.56. The summed E-state index contributed by atoms with van der Waals surface area (Å²) in [6.07, 6.45) is 3.36. The molecule has 0 bridgehead atoms. The summed E-state index contributed by atoms with van der Waals surface area (Å²) in [5, 5.41) is 9.66. The van der Waals surface area contributed by atoms with E-state index in [0.717, 1.165) is 18.8 Å². The number of thioether (sulfide) groups is 1. The van der Waals surface area contributed by atoms with Crippen molar-refractivity contribution in [1.29, 1.82) is 5.26 Å². The monoisotopic (exact) mass is 183 g/mol. The average Bonchev–Trinajstić information content (AvgIpc) is 2.01. The maximum Gasteiger partial charge on any atom is 0.103 e. The summed E-state index contributed by atoms with van der Waals surface area (Å²) in [4.78, 5) is 0. The molecule has 0 radical (unpaired) electrons. The molecule has 1 rings (SSSR count). The van der Waals surface area contributed by atoms with Crippen LogP contribution in [0.4, 0.5) is 0 Å². The van der Waals surface area contributed by atoms with E-state index < -0.39 is 0 Å². The highest BCUT2D eigenvalue weighted by atomic mass is 32.2. The van der Waals surface area contributed by atoms with Gasteiger partial charge in [-0.25, -0.2) is 0 Å². The Balaban J connectivity index is 2.44. The van der Waals surface area contributed by atoms with Crippen LogP contribution in [0.2, 0.25) is 0 Å². The van der Waals surface area contributed by atoms with Gasteiger partial charge in [0.15, 0.2) is 0 Å². The molecule has 0 aliphatic heterocycles. The Morgan fingerprint density at radius 3 is 2.58 bits per heavy atom. The van der Waals surface area contributed by atoms with Crippen molar-refractivity contribution < 1.29 is 0 Å². The van der Waals surface area contributed by atoms with E-state index in [9.17, 15) is 0 Å². The molecule has 1 saturated carbocycles. The first-order valence-electron chi connectivity index (χ1n) is 4.71. The highest BCUT2D eigenvalue weighted by Crippen LogP contribution is 2.49. The summed E-state index contributed by atoms with van der Waals surface area (Å²) in [7, 11) is 0. The van der Waals surface area contributed by atoms with Gasteiger partial charge in [-0.1, -0.05) is 20.8 Å². The summed E-state index contributed by atoms with van der Waals surface area (Å²) in [6, 6.07) is 2.47. The van der Waals surface area contributed by atoms with Gasteiger partial charge in [0.05, 0.1) is 6.07 Å². The lowest BCUT2D eigenvalue weighted by Crippen LogP contribution is -2.39. The fourth-order valence-corrected chi connectivity index (χ4v) is 3.50. The van der Waals surface area contributed by atoms with Gasteiger partial charge in [0.25, 0.3) is 0 Å². The Kier molecular flexibility index (Phi) is 3.06. The van der Waals surface area contributed by atoms with E-state index in [1.54, 1.807) is 0 Å². The molecule has 0 heterocycles. The molecule has 0 aromatic rings. The first kappa shape index (κ1) is 9.92. The molecule has 12 heavy (non-hydrogen) atoms. The van der Waals surface area contributed by atoms with Crippen LogP contribution in [0.5, 0.6) is 0 Å². The smallest absolute Gasteiger partial charge is 0.103 e. The standard InChI is InChI=1S/C10H17NS/c1-4-9(3)12-10(7-11)5-8(2)6-10/h8-9H,4-6H2,1-3H3. The Hall–Kier alpha value is -0.160. The minimum Gasteiger partial charge on any atom is -0.197 e. The van der Waals surface area contributed by atoms with Crippen LogP contribution in [0.3, 0.4) is 0 Å². The summed E-state index contributed by atoms with van der Waals surface area (Å²) in [5.41, 5.74) is 0. The highest BCUT2D eigenvalue weighted by Gasteiger charge is 2.43. The number of hydrogen-bond acceptors (Lipinski definition) is 2. The number of hydrogen-bond donors (Lipinski definition) is 0. The Morgan fingerprint density at radius 2 is 2.25 bits per heavy atom. The van der Waals surface area contributed by atoms with Gasteiger partial charge in [-0.3, -0.25) is 0 Å². The molecule has 1 aliphatic carbocycles. The van der Waals surface area contributed by atoms with Crippen molar-refractivity contribution in [2.24, 2.45) is 5.92 Å². The van der Waals surface area contributed by atoms with Crippen molar-refractivity contribution in [3.63, 3.8) is 0 Å². The summed E-state index contributed by atoms with van der Waals surface area (Å²) in [6.45, 7) is 6.63. The Bertz CT molecular complexity index is 189. The number of nitriles is 1. The second kappa shape index (κ2) is 3.70. The quantitative estimate of drug-likeness (QED) is 0.671. The predicted octanol–water partition coefficient (Wildman–Crippen LogP) is 3.21. The molecule has 0 amide bonds. The lowest BCUT2D eigenvalue weighted by molar-refractivity contribution is 0.302. The second-order valence-corrected chi connectivity index (χ2v) is 5.78. The van der Waals surface area contributed by atoms with Crippen molar-refractivity contribution >= 4 is 11.8 Å². The third-order valence-corrected chi connectivity index (χ3v) is 4.17. The van der Waals surface area contributed by atoms with Crippen molar-refractivity contribution in [2.75, 3.05) is 0 Å². The molecular weight excluding hydrogens is 166 g/mol. The largest absolute Gasteiger partial charge is 0.197 e. The molecular formula is C10H17NS. The van der Waals surface area contributed by atoms with Crippen LogP contribution >= 0.6 is 11.8 Å². The van der Waals surface area contributed by atoms with Crippen LogP contribution in [-0.2, 0) is 0 Å². The fourth-order valence-electron chi connectivity index (χ4n) is 1.75. The molecule has 1 unspecified atom stereocenters. The molecule has 0 saturated heterocycles. The molecule has 0 N–H and O–H groups in total. The zero-order chi connectivity index (χ0) is 9.19. The minimum absolute atomic E-state index is 0.0190. The van der Waals surface area contributed by atoms with Gasteiger partial charge < -0.3 is 0 Å². The number of rotatable bonds is 3. The van der Waals surface area contributed by atoms with E-state index in [1.807, 2.05) is 11.8 Å². The van der Waals surface area contributed by atoms with Gasteiger partial charge >= 0.3 is 0 Å². The third kappa shape index (κ3) is 1.95. The lowest BCUT2D eigenvalue weighted by Gasteiger charge is -2.41. The summed E-state index contributed by atoms with van der Waals surface area (Å²) < 4.78 is -0.0190. The van der Waals surface area contributed by atoms with E-state index in [1.165, 1.54) is 6.42 Å². The Labute approximate surface area is 79.5 Å². The van der Waals surface area contributed by atoms with Crippen LogP contribution < -0.4 is 0 Å². The van der Waals surface area contributed by atoms with Gasteiger partial charge in [-0.2, -0.15) is 5.26 Å². The maximum atomic E-state index is 9.03. The SMILES string of the molecule is CCC(C)SC1(C#N)CC(C)C1. The van der Waals surface area contributed by atoms with Gasteiger partial charge in [-0.15, -0.1) is 11.8 Å². The van der Waals surface area contributed by atoms with E-state index in [2.05, 4.69) is 26.8 Å². The molecule has 0 aromatic heterocycles. The molecule has 1 atom stereocenters. The summed E-state index contributed by atoms with van der Waals surface area (Å²) in [5.74, 6) is 0.765. The lowest BCUT2D eigenvalue weighted by atomic mass is 9.76. The molecule has 68 valence electrons. The van der Waals surface area contributed by atoms with Crippen molar-refractivity contribution in [1.82, 2.24) is 0 Å². The Morgan fingerprint density at radius 1 is 1.67 bits per heavy atom. The van der Waals surface area contributed by atoms with Crippen molar-refractivity contribution in [3.8, 4) is 6.07 Å². The zero-order valence-corrected chi connectivity index (χ0v) is 8.95. The minimum atomic E-state index is -0.0190. The predicted molar refractivity (Wildman–Crippen MR) is 54.1 cm³/mol. The van der Waals surface area contributed by atoms with E-state index in [4.69, 9.17) is 5.26 Å².